The summed E-state index contributed by atoms with van der Waals surface area (Å²) >= 11 is 1.86. The number of carboxylic acid groups (broad SMARTS) is 1. The van der Waals surface area contributed by atoms with E-state index in [0.29, 0.717) is 18.2 Å². The molecule has 3 fully saturated rings. The first kappa shape index (κ1) is 22.5. The smallest absolute Gasteiger partial charge is 0.475 e. The highest BCUT2D eigenvalue weighted by Crippen LogP contribution is 2.34. The Balaban J connectivity index is 0.000000298. The fourth-order valence-electron chi connectivity index (χ4n) is 4.41. The molecule has 1 aliphatic heterocycles. The van der Waals surface area contributed by atoms with Gasteiger partial charge >= 0.3 is 12.1 Å². The largest absolute Gasteiger partial charge is 0.490 e. The molecule has 29 heavy (non-hydrogen) atoms. The summed E-state index contributed by atoms with van der Waals surface area (Å²) in [7, 11) is 0. The van der Waals surface area contributed by atoms with E-state index in [4.69, 9.17) is 19.4 Å². The van der Waals surface area contributed by atoms with Gasteiger partial charge in [-0.15, -0.1) is 11.3 Å². The SMILES string of the molecule is O=C(O)C(F)(F)F.c1csc(CN2CCO[C@H]3[C@H](OCC4CCCC4)CC[C@@H]32)c1. The van der Waals surface area contributed by atoms with Crippen LogP contribution in [-0.4, -0.2) is 60.2 Å². The minimum absolute atomic E-state index is 0.301. The van der Waals surface area contributed by atoms with Gasteiger partial charge in [-0.25, -0.2) is 4.79 Å². The van der Waals surface area contributed by atoms with Crippen LogP contribution in [0.25, 0.3) is 0 Å². The Kier molecular flexibility index (Phi) is 7.95. The van der Waals surface area contributed by atoms with Crippen LogP contribution in [0, 0.1) is 5.92 Å². The first-order valence-corrected chi connectivity index (χ1v) is 11.0. The van der Waals surface area contributed by atoms with Crippen LogP contribution >= 0.6 is 11.3 Å². The van der Waals surface area contributed by atoms with Crippen molar-refractivity contribution in [3.63, 3.8) is 0 Å². The first-order valence-electron chi connectivity index (χ1n) is 10.1. The number of carbonyl (C=O) groups is 1. The maximum absolute atomic E-state index is 10.6. The maximum Gasteiger partial charge on any atom is 0.490 e. The average Bonchev–Trinajstić information content (AvgIpc) is 3.42. The maximum atomic E-state index is 10.6. The van der Waals surface area contributed by atoms with E-state index >= 15 is 0 Å². The molecule has 1 aromatic rings. The summed E-state index contributed by atoms with van der Waals surface area (Å²) in [5.74, 6) is -1.95. The number of rotatable bonds is 5. The van der Waals surface area contributed by atoms with Crippen LogP contribution in [0.3, 0.4) is 0 Å². The van der Waals surface area contributed by atoms with Gasteiger partial charge < -0.3 is 14.6 Å². The van der Waals surface area contributed by atoms with Gasteiger partial charge in [0.2, 0.25) is 0 Å². The lowest BCUT2D eigenvalue weighted by molar-refractivity contribution is -0.192. The molecular weight excluding hydrogens is 407 g/mol. The van der Waals surface area contributed by atoms with Crippen molar-refractivity contribution in [2.24, 2.45) is 5.92 Å². The zero-order chi connectivity index (χ0) is 20.9. The van der Waals surface area contributed by atoms with Gasteiger partial charge in [0.25, 0.3) is 0 Å². The zero-order valence-corrected chi connectivity index (χ0v) is 17.1. The van der Waals surface area contributed by atoms with Crippen LogP contribution in [0.1, 0.15) is 43.4 Å². The second kappa shape index (κ2) is 10.2. The minimum atomic E-state index is -5.08. The number of carboxylic acids is 1. The summed E-state index contributed by atoms with van der Waals surface area (Å²) in [5, 5.41) is 9.30. The summed E-state index contributed by atoms with van der Waals surface area (Å²) in [5.41, 5.74) is 0. The van der Waals surface area contributed by atoms with Gasteiger partial charge in [-0.3, -0.25) is 4.90 Å². The zero-order valence-electron chi connectivity index (χ0n) is 16.3. The number of thiophene rings is 1. The van der Waals surface area contributed by atoms with E-state index < -0.39 is 12.1 Å². The highest BCUT2D eigenvalue weighted by molar-refractivity contribution is 7.09. The third kappa shape index (κ3) is 6.41. The Morgan fingerprint density at radius 3 is 2.62 bits per heavy atom. The fourth-order valence-corrected chi connectivity index (χ4v) is 5.14. The van der Waals surface area contributed by atoms with Gasteiger partial charge in [0.05, 0.1) is 18.8 Å². The highest BCUT2D eigenvalue weighted by atomic mass is 32.1. The Morgan fingerprint density at radius 1 is 1.28 bits per heavy atom. The summed E-state index contributed by atoms with van der Waals surface area (Å²) in [6.45, 7) is 3.96. The van der Waals surface area contributed by atoms with E-state index in [1.54, 1.807) is 0 Å². The van der Waals surface area contributed by atoms with Crippen LogP contribution in [0.4, 0.5) is 13.2 Å². The van der Waals surface area contributed by atoms with E-state index in [1.807, 2.05) is 11.3 Å². The lowest BCUT2D eigenvalue weighted by Gasteiger charge is -2.39. The fraction of sp³-hybridized carbons (Fsp3) is 0.750. The van der Waals surface area contributed by atoms with Gasteiger partial charge in [0.15, 0.2) is 0 Å². The topological polar surface area (TPSA) is 59.0 Å². The monoisotopic (exact) mass is 435 g/mol. The summed E-state index contributed by atoms with van der Waals surface area (Å²) < 4.78 is 44.1. The first-order chi connectivity index (χ1) is 13.8. The predicted octanol–water partition coefficient (Wildman–Crippen LogP) is 4.32. The molecule has 1 saturated heterocycles. The van der Waals surface area contributed by atoms with Crippen LogP contribution < -0.4 is 0 Å². The minimum Gasteiger partial charge on any atom is -0.475 e. The molecule has 0 spiro atoms. The molecule has 4 rings (SSSR count). The molecule has 1 aromatic heterocycles. The molecule has 0 amide bonds. The third-order valence-corrected chi connectivity index (χ3v) is 6.71. The van der Waals surface area contributed by atoms with Gasteiger partial charge in [0, 0.05) is 30.6 Å². The van der Waals surface area contributed by atoms with Gasteiger partial charge in [-0.2, -0.15) is 13.2 Å². The summed E-state index contributed by atoms with van der Waals surface area (Å²) in [4.78, 5) is 13.0. The van der Waals surface area contributed by atoms with E-state index in [1.165, 1.54) is 43.4 Å². The van der Waals surface area contributed by atoms with Gasteiger partial charge in [-0.05, 0) is 43.0 Å². The molecule has 0 unspecified atom stereocenters. The van der Waals surface area contributed by atoms with Crippen molar-refractivity contribution in [3.8, 4) is 0 Å². The lowest BCUT2D eigenvalue weighted by Crippen LogP contribution is -2.51. The molecule has 1 N–H and O–H groups in total. The number of alkyl halides is 3. The molecular formula is C20H28F3NO4S. The molecule has 2 aliphatic carbocycles. The molecule has 0 bridgehead atoms. The molecule has 3 atom stereocenters. The summed E-state index contributed by atoms with van der Waals surface area (Å²) in [6.07, 6.45) is 3.48. The second-order valence-electron chi connectivity index (χ2n) is 7.86. The molecule has 3 aliphatic rings. The number of hydrogen-bond acceptors (Lipinski definition) is 5. The average molecular weight is 436 g/mol. The van der Waals surface area contributed by atoms with E-state index in [2.05, 4.69) is 22.4 Å². The number of halogens is 3. The molecule has 2 heterocycles. The van der Waals surface area contributed by atoms with Crippen LogP contribution in [0.15, 0.2) is 17.5 Å². The van der Waals surface area contributed by atoms with E-state index in [0.717, 1.165) is 32.2 Å². The van der Waals surface area contributed by atoms with Crippen molar-refractivity contribution in [3.05, 3.63) is 22.4 Å². The quantitative estimate of drug-likeness (QED) is 0.747. The Bertz CT molecular complexity index is 634. The van der Waals surface area contributed by atoms with Crippen molar-refractivity contribution in [2.75, 3.05) is 19.8 Å². The number of aliphatic carboxylic acids is 1. The molecule has 164 valence electrons. The summed E-state index contributed by atoms with van der Waals surface area (Å²) in [6, 6.07) is 4.96. The molecule has 0 aromatic carbocycles. The Morgan fingerprint density at radius 2 is 2.00 bits per heavy atom. The van der Waals surface area contributed by atoms with Crippen LogP contribution in [-0.2, 0) is 20.8 Å². The number of ether oxygens (including phenoxy) is 2. The molecule has 9 heteroatoms. The second-order valence-corrected chi connectivity index (χ2v) is 8.89. The van der Waals surface area contributed by atoms with E-state index in [9.17, 15) is 13.2 Å². The van der Waals surface area contributed by atoms with Crippen molar-refractivity contribution >= 4 is 17.3 Å². The van der Waals surface area contributed by atoms with Crippen molar-refractivity contribution in [1.82, 2.24) is 4.90 Å². The van der Waals surface area contributed by atoms with E-state index in [-0.39, 0.29) is 0 Å². The highest BCUT2D eigenvalue weighted by Gasteiger charge is 2.43. The Labute approximate surface area is 172 Å². The standard InChI is InChI=1S/C18H27NO2S.C2HF3O2/c1-2-5-14(4-1)13-21-17-8-7-16-18(17)20-10-9-19(16)12-15-6-3-11-22-15;3-2(4,5)1(6)7/h3,6,11,14,16-18H,1-2,4-5,7-10,12-13H2;(H,6,7)/t16-,17+,18+;/m0./s1. The van der Waals surface area contributed by atoms with Crippen molar-refractivity contribution in [2.45, 2.75) is 69.5 Å². The van der Waals surface area contributed by atoms with Crippen LogP contribution in [0.2, 0.25) is 0 Å². The normalized spacial score (nSPS) is 28.0. The number of nitrogens with zero attached hydrogens (tertiary/aromatic N) is 1. The van der Waals surface area contributed by atoms with Crippen molar-refractivity contribution < 1.29 is 32.5 Å². The van der Waals surface area contributed by atoms with Crippen LogP contribution in [0.5, 0.6) is 0 Å². The lowest BCUT2D eigenvalue weighted by atomic mass is 10.1. The molecule has 5 nitrogen and oxygen atoms in total. The predicted molar refractivity (Wildman–Crippen MR) is 103 cm³/mol. The van der Waals surface area contributed by atoms with Gasteiger partial charge in [-0.1, -0.05) is 18.9 Å². The number of fused-ring (bicyclic) bond motifs is 1. The molecule has 0 radical (unpaired) electrons. The number of morpholine rings is 1. The van der Waals surface area contributed by atoms with Crippen molar-refractivity contribution in [1.29, 1.82) is 0 Å². The third-order valence-electron chi connectivity index (χ3n) is 5.85. The van der Waals surface area contributed by atoms with Gasteiger partial charge in [0.1, 0.15) is 0 Å². The molecule has 2 saturated carbocycles. The number of hydrogen-bond donors (Lipinski definition) is 1. The Hall–Kier alpha value is -1.16.